The van der Waals surface area contributed by atoms with Gasteiger partial charge in [0.25, 0.3) is 0 Å². The van der Waals surface area contributed by atoms with Crippen LogP contribution in [0.3, 0.4) is 0 Å². The average Bonchev–Trinajstić information content (AvgIpc) is 3.43. The van der Waals surface area contributed by atoms with Crippen molar-refractivity contribution in [2.45, 2.75) is 0 Å². The molecule has 0 saturated carbocycles. The largest absolute Gasteiger partial charge is 0.227 e. The van der Waals surface area contributed by atoms with Crippen LogP contribution in [-0.2, 0) is 0 Å². The molecule has 0 fully saturated rings. The number of benzene rings is 6. The van der Waals surface area contributed by atoms with Crippen LogP contribution in [0.25, 0.3) is 76.0 Å². The standard InChI is InChI=1S/C38H24N2S/c1-2-11-25(12-3-1)27-15-8-17-29(23-27)36-35-33-20-6-7-22-34(33)41-38(35)40-37(39-36)30-18-9-16-28(24-30)32-21-10-14-26-13-4-5-19-31(26)32/h1-24H. The van der Waals surface area contributed by atoms with E-state index in [2.05, 4.69) is 146 Å². The number of hydrogen-bond donors (Lipinski definition) is 0. The maximum atomic E-state index is 5.29. The first kappa shape index (κ1) is 23.7. The topological polar surface area (TPSA) is 25.8 Å². The lowest BCUT2D eigenvalue weighted by atomic mass is 9.96. The highest BCUT2D eigenvalue weighted by Gasteiger charge is 2.17. The van der Waals surface area contributed by atoms with Crippen molar-refractivity contribution in [1.82, 2.24) is 9.97 Å². The molecule has 0 atom stereocenters. The van der Waals surface area contributed by atoms with Crippen molar-refractivity contribution >= 4 is 42.4 Å². The first-order valence-electron chi connectivity index (χ1n) is 13.8. The summed E-state index contributed by atoms with van der Waals surface area (Å²) in [5.74, 6) is 0.742. The molecule has 0 aliphatic rings. The third-order valence-corrected chi connectivity index (χ3v) is 8.77. The van der Waals surface area contributed by atoms with Crippen molar-refractivity contribution in [3.05, 3.63) is 146 Å². The third-order valence-electron chi connectivity index (χ3n) is 7.70. The van der Waals surface area contributed by atoms with E-state index in [4.69, 9.17) is 9.97 Å². The number of thiophene rings is 1. The van der Waals surface area contributed by atoms with E-state index in [1.54, 1.807) is 11.3 Å². The molecular weight excluding hydrogens is 516 g/mol. The normalized spacial score (nSPS) is 11.4. The summed E-state index contributed by atoms with van der Waals surface area (Å²) < 4.78 is 1.22. The second-order valence-electron chi connectivity index (χ2n) is 10.2. The molecule has 0 spiro atoms. The third kappa shape index (κ3) is 4.19. The summed E-state index contributed by atoms with van der Waals surface area (Å²) in [5, 5.41) is 4.79. The van der Waals surface area contributed by atoms with Gasteiger partial charge in [0, 0.05) is 26.6 Å². The first-order chi connectivity index (χ1) is 20.3. The molecule has 0 saturated heterocycles. The van der Waals surface area contributed by atoms with Gasteiger partial charge < -0.3 is 0 Å². The van der Waals surface area contributed by atoms with Crippen molar-refractivity contribution < 1.29 is 0 Å². The number of nitrogens with zero attached hydrogens (tertiary/aromatic N) is 2. The van der Waals surface area contributed by atoms with Crippen LogP contribution in [0.5, 0.6) is 0 Å². The van der Waals surface area contributed by atoms with Gasteiger partial charge in [-0.15, -0.1) is 11.3 Å². The fourth-order valence-corrected chi connectivity index (χ4v) is 6.82. The van der Waals surface area contributed by atoms with Crippen LogP contribution >= 0.6 is 11.3 Å². The predicted molar refractivity (Wildman–Crippen MR) is 174 cm³/mol. The molecule has 41 heavy (non-hydrogen) atoms. The molecule has 0 radical (unpaired) electrons. The molecule has 2 aromatic heterocycles. The van der Waals surface area contributed by atoms with Crippen LogP contribution in [-0.4, -0.2) is 9.97 Å². The molecule has 3 heteroatoms. The molecule has 0 aliphatic heterocycles. The zero-order valence-electron chi connectivity index (χ0n) is 22.2. The highest BCUT2D eigenvalue weighted by Crippen LogP contribution is 2.40. The molecule has 0 N–H and O–H groups in total. The van der Waals surface area contributed by atoms with E-state index in [1.165, 1.54) is 37.5 Å². The zero-order valence-corrected chi connectivity index (χ0v) is 23.0. The Morgan fingerprint density at radius 2 is 1.07 bits per heavy atom. The zero-order chi connectivity index (χ0) is 27.2. The van der Waals surface area contributed by atoms with Crippen molar-refractivity contribution in [3.63, 3.8) is 0 Å². The predicted octanol–water partition coefficient (Wildman–Crippen LogP) is 10.7. The van der Waals surface area contributed by atoms with Gasteiger partial charge in [-0.3, -0.25) is 0 Å². The van der Waals surface area contributed by atoms with E-state index >= 15 is 0 Å². The fraction of sp³-hybridized carbons (Fsp3) is 0. The van der Waals surface area contributed by atoms with Gasteiger partial charge in [0.15, 0.2) is 5.82 Å². The highest BCUT2D eigenvalue weighted by molar-refractivity contribution is 7.25. The molecule has 0 unspecified atom stereocenters. The number of fused-ring (bicyclic) bond motifs is 4. The van der Waals surface area contributed by atoms with Gasteiger partial charge in [-0.25, -0.2) is 9.97 Å². The van der Waals surface area contributed by atoms with Crippen LogP contribution in [0, 0.1) is 0 Å². The quantitative estimate of drug-likeness (QED) is 0.222. The second kappa shape index (κ2) is 9.81. The minimum Gasteiger partial charge on any atom is -0.227 e. The Balaban J connectivity index is 1.34. The maximum absolute atomic E-state index is 5.29. The molecule has 6 aromatic carbocycles. The molecule has 8 aromatic rings. The Labute approximate surface area is 242 Å². The molecule has 2 nitrogen and oxygen atoms in total. The lowest BCUT2D eigenvalue weighted by Crippen LogP contribution is -1.94. The van der Waals surface area contributed by atoms with Gasteiger partial charge in [0.2, 0.25) is 0 Å². The number of hydrogen-bond acceptors (Lipinski definition) is 3. The molecule has 192 valence electrons. The molecule has 2 heterocycles. The highest BCUT2D eigenvalue weighted by atomic mass is 32.1. The van der Waals surface area contributed by atoms with Crippen molar-refractivity contribution in [3.8, 4) is 44.9 Å². The summed E-state index contributed by atoms with van der Waals surface area (Å²) in [6, 6.07) is 51.4. The van der Waals surface area contributed by atoms with Gasteiger partial charge >= 0.3 is 0 Å². The Morgan fingerprint density at radius 1 is 0.439 bits per heavy atom. The Kier molecular flexibility index (Phi) is 5.68. The monoisotopic (exact) mass is 540 g/mol. The summed E-state index contributed by atoms with van der Waals surface area (Å²) in [4.78, 5) is 11.5. The summed E-state index contributed by atoms with van der Waals surface area (Å²) in [7, 11) is 0. The minimum atomic E-state index is 0.742. The van der Waals surface area contributed by atoms with Crippen molar-refractivity contribution in [2.75, 3.05) is 0 Å². The molecule has 0 bridgehead atoms. The Morgan fingerprint density at radius 3 is 1.98 bits per heavy atom. The SMILES string of the molecule is c1ccc(-c2cccc(-c3nc(-c4cccc(-c5cccc6ccccc56)c4)nc4sc5ccccc5c34)c2)cc1. The number of aromatic nitrogens is 2. The van der Waals surface area contributed by atoms with Crippen LogP contribution < -0.4 is 0 Å². The maximum Gasteiger partial charge on any atom is 0.161 e. The van der Waals surface area contributed by atoms with Crippen LogP contribution in [0.4, 0.5) is 0 Å². The summed E-state index contributed by atoms with van der Waals surface area (Å²) in [5.41, 5.74) is 7.81. The lowest BCUT2D eigenvalue weighted by molar-refractivity contribution is 1.24. The molecule has 0 aliphatic carbocycles. The van der Waals surface area contributed by atoms with E-state index in [0.717, 1.165) is 38.4 Å². The van der Waals surface area contributed by atoms with Gasteiger partial charge in [-0.2, -0.15) is 0 Å². The fourth-order valence-electron chi connectivity index (χ4n) is 5.74. The second-order valence-corrected chi connectivity index (χ2v) is 11.3. The van der Waals surface area contributed by atoms with Gasteiger partial charge in [-0.1, -0.05) is 127 Å². The summed E-state index contributed by atoms with van der Waals surface area (Å²) in [6.45, 7) is 0. The summed E-state index contributed by atoms with van der Waals surface area (Å²) >= 11 is 1.73. The summed E-state index contributed by atoms with van der Waals surface area (Å²) in [6.07, 6.45) is 0. The lowest BCUT2D eigenvalue weighted by Gasteiger charge is -2.11. The van der Waals surface area contributed by atoms with Gasteiger partial charge in [-0.05, 0) is 51.2 Å². The molecule has 0 amide bonds. The van der Waals surface area contributed by atoms with Gasteiger partial charge in [0.1, 0.15) is 4.83 Å². The minimum absolute atomic E-state index is 0.742. The number of rotatable bonds is 4. The van der Waals surface area contributed by atoms with E-state index in [0.29, 0.717) is 0 Å². The Hall–Kier alpha value is -5.12. The van der Waals surface area contributed by atoms with Crippen LogP contribution in [0.2, 0.25) is 0 Å². The smallest absolute Gasteiger partial charge is 0.161 e. The first-order valence-corrected chi connectivity index (χ1v) is 14.6. The molecule has 8 rings (SSSR count). The van der Waals surface area contributed by atoms with Crippen LogP contribution in [0.15, 0.2) is 146 Å². The Bertz CT molecular complexity index is 2210. The van der Waals surface area contributed by atoms with Crippen molar-refractivity contribution in [1.29, 1.82) is 0 Å². The van der Waals surface area contributed by atoms with E-state index in [9.17, 15) is 0 Å². The van der Waals surface area contributed by atoms with Crippen molar-refractivity contribution in [2.24, 2.45) is 0 Å². The van der Waals surface area contributed by atoms with Gasteiger partial charge in [0.05, 0.1) is 5.69 Å². The van der Waals surface area contributed by atoms with Crippen LogP contribution in [0.1, 0.15) is 0 Å². The average molecular weight is 541 g/mol. The van der Waals surface area contributed by atoms with E-state index in [1.807, 2.05) is 0 Å². The van der Waals surface area contributed by atoms with E-state index in [-0.39, 0.29) is 0 Å². The molecular formula is C38H24N2S. The van der Waals surface area contributed by atoms with E-state index < -0.39 is 0 Å².